The topological polar surface area (TPSA) is 43.1 Å². The van der Waals surface area contributed by atoms with Crippen molar-refractivity contribution in [2.75, 3.05) is 0 Å². The van der Waals surface area contributed by atoms with Crippen LogP contribution in [0.1, 0.15) is 39.5 Å². The fraction of sp³-hybridized carbons (Fsp3) is 0.875. The Morgan fingerprint density at radius 2 is 2.10 bits per heavy atom. The Balaban J connectivity index is 3.22. The van der Waals surface area contributed by atoms with Crippen LogP contribution in [0.4, 0.5) is 0 Å². The van der Waals surface area contributed by atoms with Gasteiger partial charge in [-0.15, -0.1) is 0 Å². The number of hydrogen-bond acceptors (Lipinski definition) is 2. The zero-order chi connectivity index (χ0) is 7.98. The van der Waals surface area contributed by atoms with Crippen molar-refractivity contribution in [1.29, 1.82) is 0 Å². The van der Waals surface area contributed by atoms with Gasteiger partial charge in [-0.1, -0.05) is 19.8 Å². The highest BCUT2D eigenvalue weighted by molar-refractivity contribution is 5.83. The molecule has 60 valence electrons. The number of unbranched alkanes of at least 4 members (excludes halogenated alkanes) is 2. The SMILES string of the molecule is CCCCCC(=O)[C@@H](C)N. The van der Waals surface area contributed by atoms with Crippen molar-refractivity contribution < 1.29 is 4.79 Å². The maximum atomic E-state index is 10.9. The summed E-state index contributed by atoms with van der Waals surface area (Å²) in [6.45, 7) is 3.87. The van der Waals surface area contributed by atoms with E-state index in [1.165, 1.54) is 0 Å². The van der Waals surface area contributed by atoms with Crippen LogP contribution in [0.5, 0.6) is 0 Å². The lowest BCUT2D eigenvalue weighted by molar-refractivity contribution is -0.120. The summed E-state index contributed by atoms with van der Waals surface area (Å²) < 4.78 is 0. The summed E-state index contributed by atoms with van der Waals surface area (Å²) in [6, 6.07) is -0.267. The van der Waals surface area contributed by atoms with Crippen molar-refractivity contribution >= 4 is 5.78 Å². The molecule has 10 heavy (non-hydrogen) atoms. The van der Waals surface area contributed by atoms with E-state index in [0.29, 0.717) is 6.42 Å². The molecule has 1 atom stereocenters. The number of carbonyl (C=O) groups is 1. The van der Waals surface area contributed by atoms with E-state index in [-0.39, 0.29) is 11.8 Å². The van der Waals surface area contributed by atoms with Crippen molar-refractivity contribution in [3.8, 4) is 0 Å². The largest absolute Gasteiger partial charge is 0.322 e. The van der Waals surface area contributed by atoms with Gasteiger partial charge in [0.2, 0.25) is 0 Å². The molecule has 0 saturated carbocycles. The van der Waals surface area contributed by atoms with Gasteiger partial charge in [0.05, 0.1) is 6.04 Å². The summed E-state index contributed by atoms with van der Waals surface area (Å²) in [5, 5.41) is 0. The molecule has 0 heterocycles. The van der Waals surface area contributed by atoms with Crippen LogP contribution in [0.3, 0.4) is 0 Å². The van der Waals surface area contributed by atoms with Gasteiger partial charge < -0.3 is 5.73 Å². The molecule has 0 spiro atoms. The number of Topliss-reactive ketones (excluding diaryl/α,β-unsaturated/α-hetero) is 1. The lowest BCUT2D eigenvalue weighted by Crippen LogP contribution is -2.26. The Morgan fingerprint density at radius 1 is 1.50 bits per heavy atom. The van der Waals surface area contributed by atoms with Crippen molar-refractivity contribution in [1.82, 2.24) is 0 Å². The molecule has 0 rings (SSSR count). The first-order valence-electron chi connectivity index (χ1n) is 3.96. The van der Waals surface area contributed by atoms with Gasteiger partial charge in [0.1, 0.15) is 5.78 Å². The van der Waals surface area contributed by atoms with Crippen molar-refractivity contribution in [3.05, 3.63) is 0 Å². The number of hydrogen-bond donors (Lipinski definition) is 1. The molecule has 2 N–H and O–H groups in total. The van der Waals surface area contributed by atoms with Crippen LogP contribution < -0.4 is 5.73 Å². The van der Waals surface area contributed by atoms with Gasteiger partial charge in [-0.3, -0.25) is 4.79 Å². The van der Waals surface area contributed by atoms with E-state index in [4.69, 9.17) is 5.73 Å². The van der Waals surface area contributed by atoms with E-state index in [1.54, 1.807) is 6.92 Å². The molecule has 2 nitrogen and oxygen atoms in total. The van der Waals surface area contributed by atoms with Crippen molar-refractivity contribution in [2.45, 2.75) is 45.6 Å². The molecule has 0 aromatic carbocycles. The maximum absolute atomic E-state index is 10.9. The first-order chi connectivity index (χ1) is 4.68. The second-order valence-corrected chi connectivity index (χ2v) is 2.71. The Hall–Kier alpha value is -0.370. The zero-order valence-corrected chi connectivity index (χ0v) is 6.89. The molecule has 0 aliphatic heterocycles. The van der Waals surface area contributed by atoms with Gasteiger partial charge in [0.25, 0.3) is 0 Å². The maximum Gasteiger partial charge on any atom is 0.149 e. The van der Waals surface area contributed by atoms with E-state index in [0.717, 1.165) is 19.3 Å². The van der Waals surface area contributed by atoms with Gasteiger partial charge in [-0.25, -0.2) is 0 Å². The lowest BCUT2D eigenvalue weighted by Gasteiger charge is -2.01. The molecule has 0 amide bonds. The normalized spacial score (nSPS) is 13.1. The second-order valence-electron chi connectivity index (χ2n) is 2.71. The number of nitrogens with two attached hydrogens (primary N) is 1. The molecule has 2 heteroatoms. The fourth-order valence-corrected chi connectivity index (χ4v) is 0.777. The van der Waals surface area contributed by atoms with Gasteiger partial charge in [0.15, 0.2) is 0 Å². The van der Waals surface area contributed by atoms with Crippen LogP contribution in [0.2, 0.25) is 0 Å². The van der Waals surface area contributed by atoms with E-state index in [2.05, 4.69) is 6.92 Å². The summed E-state index contributed by atoms with van der Waals surface area (Å²) in [4.78, 5) is 10.9. The average Bonchev–Trinajstić information content (AvgIpc) is 1.88. The quantitative estimate of drug-likeness (QED) is 0.592. The standard InChI is InChI=1S/C8H17NO/c1-3-4-5-6-8(10)7(2)9/h7H,3-6,9H2,1-2H3/t7-/m1/s1. The molecule has 0 fully saturated rings. The first-order valence-corrected chi connectivity index (χ1v) is 3.96. The highest BCUT2D eigenvalue weighted by Gasteiger charge is 2.05. The number of ketones is 1. The summed E-state index contributed by atoms with van der Waals surface area (Å²) in [5.41, 5.74) is 5.37. The monoisotopic (exact) mass is 143 g/mol. The van der Waals surface area contributed by atoms with Crippen LogP contribution in [0.25, 0.3) is 0 Å². The van der Waals surface area contributed by atoms with E-state index >= 15 is 0 Å². The Morgan fingerprint density at radius 3 is 2.50 bits per heavy atom. The Bertz CT molecular complexity index is 99.4. The third kappa shape index (κ3) is 4.50. The van der Waals surface area contributed by atoms with E-state index in [9.17, 15) is 4.79 Å². The highest BCUT2D eigenvalue weighted by atomic mass is 16.1. The smallest absolute Gasteiger partial charge is 0.149 e. The lowest BCUT2D eigenvalue weighted by atomic mass is 10.1. The van der Waals surface area contributed by atoms with Crippen LogP contribution >= 0.6 is 0 Å². The number of carbonyl (C=O) groups excluding carboxylic acids is 1. The predicted molar refractivity (Wildman–Crippen MR) is 42.8 cm³/mol. The summed E-state index contributed by atoms with van der Waals surface area (Å²) in [6.07, 6.45) is 3.95. The van der Waals surface area contributed by atoms with Crippen LogP contribution in [-0.4, -0.2) is 11.8 Å². The van der Waals surface area contributed by atoms with Crippen LogP contribution in [0, 0.1) is 0 Å². The van der Waals surface area contributed by atoms with E-state index in [1.807, 2.05) is 0 Å². The van der Waals surface area contributed by atoms with Crippen LogP contribution in [-0.2, 0) is 4.79 Å². The number of rotatable bonds is 5. The Kier molecular flexibility index (Phi) is 5.22. The van der Waals surface area contributed by atoms with E-state index < -0.39 is 0 Å². The third-order valence-electron chi connectivity index (χ3n) is 1.53. The summed E-state index contributed by atoms with van der Waals surface area (Å²) in [7, 11) is 0. The molecule has 0 saturated heterocycles. The van der Waals surface area contributed by atoms with Gasteiger partial charge >= 0.3 is 0 Å². The summed E-state index contributed by atoms with van der Waals surface area (Å²) in [5.74, 6) is 0.188. The van der Waals surface area contributed by atoms with Gasteiger partial charge in [-0.2, -0.15) is 0 Å². The minimum Gasteiger partial charge on any atom is -0.322 e. The minimum atomic E-state index is -0.267. The van der Waals surface area contributed by atoms with Gasteiger partial charge in [0, 0.05) is 6.42 Å². The molecular formula is C8H17NO. The molecule has 0 unspecified atom stereocenters. The summed E-state index contributed by atoms with van der Waals surface area (Å²) >= 11 is 0. The fourth-order valence-electron chi connectivity index (χ4n) is 0.777. The Labute approximate surface area is 62.8 Å². The molecular weight excluding hydrogens is 126 g/mol. The van der Waals surface area contributed by atoms with Crippen LogP contribution in [0.15, 0.2) is 0 Å². The van der Waals surface area contributed by atoms with Crippen molar-refractivity contribution in [3.63, 3.8) is 0 Å². The zero-order valence-electron chi connectivity index (χ0n) is 6.89. The highest BCUT2D eigenvalue weighted by Crippen LogP contribution is 2.00. The third-order valence-corrected chi connectivity index (χ3v) is 1.53. The molecule has 0 aliphatic carbocycles. The van der Waals surface area contributed by atoms with Gasteiger partial charge in [-0.05, 0) is 13.3 Å². The molecule has 0 bridgehead atoms. The predicted octanol–water partition coefficient (Wildman–Crippen LogP) is 1.48. The second kappa shape index (κ2) is 5.42. The first kappa shape index (κ1) is 9.63. The molecule has 0 radical (unpaired) electrons. The average molecular weight is 143 g/mol. The molecule has 0 aromatic rings. The van der Waals surface area contributed by atoms with Crippen molar-refractivity contribution in [2.24, 2.45) is 5.73 Å². The minimum absolute atomic E-state index is 0.188. The molecule has 0 aromatic heterocycles. The molecule has 0 aliphatic rings.